The molecule has 3 heterocycles. The van der Waals surface area contributed by atoms with Crippen LogP contribution in [0.15, 0.2) is 43.0 Å². The number of alkyl halides is 6. The minimum atomic E-state index is -5.06. The number of ether oxygens (including phenoxy) is 1. The van der Waals surface area contributed by atoms with Crippen LogP contribution in [0.4, 0.5) is 30.7 Å². The van der Waals surface area contributed by atoms with Gasteiger partial charge in [0.1, 0.15) is 11.4 Å². The summed E-state index contributed by atoms with van der Waals surface area (Å²) >= 11 is 0. The maximum atomic E-state index is 13.4. The predicted octanol–water partition coefficient (Wildman–Crippen LogP) is 4.53. The van der Waals surface area contributed by atoms with Crippen molar-refractivity contribution in [1.29, 1.82) is 0 Å². The Morgan fingerprint density at radius 2 is 1.73 bits per heavy atom. The molecule has 0 saturated heterocycles. The van der Waals surface area contributed by atoms with Gasteiger partial charge in [0.15, 0.2) is 11.5 Å². The molecule has 0 aliphatic carbocycles. The van der Waals surface area contributed by atoms with E-state index in [4.69, 9.17) is 4.74 Å². The van der Waals surface area contributed by atoms with Gasteiger partial charge in [-0.1, -0.05) is 0 Å². The standard InChI is InChI=1S/C17H9F7N4O2/c18-13-6-25-8-28(13)7-11(29)10-2-4-14(27-15(10)17(22,23)24)30-9-1-3-12(26-5-9)16(19,20)21/h1-6,8H,7H2. The third-order valence-electron chi connectivity index (χ3n) is 3.66. The minimum absolute atomic E-state index is 0.303. The highest BCUT2D eigenvalue weighted by Gasteiger charge is 2.38. The molecule has 3 aromatic rings. The van der Waals surface area contributed by atoms with E-state index < -0.39 is 53.5 Å². The van der Waals surface area contributed by atoms with Gasteiger partial charge in [0, 0.05) is 6.07 Å². The molecular weight excluding hydrogens is 425 g/mol. The topological polar surface area (TPSA) is 69.9 Å². The molecule has 0 unspecified atom stereocenters. The van der Waals surface area contributed by atoms with Crippen LogP contribution in [0.2, 0.25) is 0 Å². The summed E-state index contributed by atoms with van der Waals surface area (Å²) in [5.74, 6) is -2.94. The lowest BCUT2D eigenvalue weighted by atomic mass is 10.1. The maximum Gasteiger partial charge on any atom is 0.434 e. The molecule has 0 fully saturated rings. The zero-order valence-corrected chi connectivity index (χ0v) is 14.5. The summed E-state index contributed by atoms with van der Waals surface area (Å²) in [6.07, 6.45) is -7.37. The van der Waals surface area contributed by atoms with Gasteiger partial charge in [-0.3, -0.25) is 9.36 Å². The SMILES string of the molecule is O=C(Cn1cncc1F)c1ccc(Oc2ccc(C(F)(F)F)nc2)nc1C(F)(F)F. The van der Waals surface area contributed by atoms with Crippen LogP contribution in [0.25, 0.3) is 0 Å². The first-order valence-corrected chi connectivity index (χ1v) is 7.93. The summed E-state index contributed by atoms with van der Waals surface area (Å²) in [5.41, 5.74) is -3.65. The van der Waals surface area contributed by atoms with Crippen LogP contribution in [0.1, 0.15) is 21.7 Å². The highest BCUT2D eigenvalue weighted by molar-refractivity contribution is 5.97. The summed E-state index contributed by atoms with van der Waals surface area (Å²) < 4.78 is 96.7. The Morgan fingerprint density at radius 1 is 1.00 bits per heavy atom. The number of hydrogen-bond acceptors (Lipinski definition) is 5. The summed E-state index contributed by atoms with van der Waals surface area (Å²) in [7, 11) is 0. The number of rotatable bonds is 5. The quantitative estimate of drug-likeness (QED) is 0.436. The van der Waals surface area contributed by atoms with E-state index in [1.54, 1.807) is 0 Å². The maximum absolute atomic E-state index is 13.4. The van der Waals surface area contributed by atoms with Gasteiger partial charge in [0.25, 0.3) is 0 Å². The smallest absolute Gasteiger partial charge is 0.434 e. The molecule has 0 N–H and O–H groups in total. The summed E-state index contributed by atoms with van der Waals surface area (Å²) in [6, 6.07) is 3.13. The lowest BCUT2D eigenvalue weighted by Crippen LogP contribution is -2.19. The van der Waals surface area contributed by atoms with E-state index in [1.807, 2.05) is 0 Å². The average Bonchev–Trinajstić information content (AvgIpc) is 3.05. The first-order chi connectivity index (χ1) is 13.9. The number of Topliss-reactive ketones (excluding diaryl/α,β-unsaturated/α-hetero) is 1. The van der Waals surface area contributed by atoms with E-state index >= 15 is 0 Å². The largest absolute Gasteiger partial charge is 0.437 e. The first-order valence-electron chi connectivity index (χ1n) is 7.93. The summed E-state index contributed by atoms with van der Waals surface area (Å²) in [4.78, 5) is 22.0. The van der Waals surface area contributed by atoms with Gasteiger partial charge in [0.05, 0.1) is 30.8 Å². The molecule has 0 bridgehead atoms. The monoisotopic (exact) mass is 434 g/mol. The van der Waals surface area contributed by atoms with E-state index in [1.165, 1.54) is 0 Å². The molecule has 0 spiro atoms. The highest BCUT2D eigenvalue weighted by atomic mass is 19.4. The fourth-order valence-electron chi connectivity index (χ4n) is 2.33. The summed E-state index contributed by atoms with van der Waals surface area (Å²) in [6.45, 7) is -0.750. The van der Waals surface area contributed by atoms with E-state index in [2.05, 4.69) is 15.0 Å². The zero-order valence-electron chi connectivity index (χ0n) is 14.5. The predicted molar refractivity (Wildman–Crippen MR) is 85.1 cm³/mol. The van der Waals surface area contributed by atoms with Crippen molar-refractivity contribution in [2.45, 2.75) is 18.9 Å². The lowest BCUT2D eigenvalue weighted by molar-refractivity contribution is -0.142. The van der Waals surface area contributed by atoms with Crippen LogP contribution >= 0.6 is 0 Å². The minimum Gasteiger partial charge on any atom is -0.437 e. The van der Waals surface area contributed by atoms with Crippen LogP contribution in [-0.2, 0) is 18.9 Å². The van der Waals surface area contributed by atoms with Crippen LogP contribution in [0.5, 0.6) is 11.6 Å². The van der Waals surface area contributed by atoms with Gasteiger partial charge in [-0.2, -0.15) is 30.7 Å². The number of carbonyl (C=O) groups excluding carboxylic acids is 1. The van der Waals surface area contributed by atoms with Gasteiger partial charge >= 0.3 is 12.4 Å². The molecule has 0 atom stereocenters. The Hall–Kier alpha value is -3.51. The molecule has 13 heteroatoms. The molecule has 30 heavy (non-hydrogen) atoms. The molecule has 0 aliphatic rings. The Kier molecular flexibility index (Phi) is 5.46. The number of aromatic nitrogens is 4. The van der Waals surface area contributed by atoms with Gasteiger partial charge in [0.2, 0.25) is 11.8 Å². The molecule has 0 aliphatic heterocycles. The van der Waals surface area contributed by atoms with Crippen LogP contribution in [0, 0.1) is 5.95 Å². The van der Waals surface area contributed by atoms with Gasteiger partial charge < -0.3 is 4.74 Å². The van der Waals surface area contributed by atoms with Crippen LogP contribution < -0.4 is 4.74 Å². The molecule has 6 nitrogen and oxygen atoms in total. The van der Waals surface area contributed by atoms with E-state index in [0.29, 0.717) is 16.8 Å². The normalized spacial score (nSPS) is 12.1. The Balaban J connectivity index is 1.87. The second-order valence-electron chi connectivity index (χ2n) is 5.79. The molecule has 0 radical (unpaired) electrons. The Bertz CT molecular complexity index is 1060. The van der Waals surface area contributed by atoms with Crippen molar-refractivity contribution >= 4 is 5.78 Å². The van der Waals surface area contributed by atoms with E-state index in [0.717, 1.165) is 30.7 Å². The van der Waals surface area contributed by atoms with Crippen molar-refractivity contribution in [1.82, 2.24) is 19.5 Å². The Labute approximate surface area is 163 Å². The number of halogens is 7. The van der Waals surface area contributed by atoms with Crippen molar-refractivity contribution in [3.63, 3.8) is 0 Å². The molecule has 3 rings (SSSR count). The van der Waals surface area contributed by atoms with Crippen LogP contribution in [0.3, 0.4) is 0 Å². The third kappa shape index (κ3) is 4.72. The second-order valence-corrected chi connectivity index (χ2v) is 5.79. The fourth-order valence-corrected chi connectivity index (χ4v) is 2.33. The van der Waals surface area contributed by atoms with Gasteiger partial charge in [-0.05, 0) is 18.2 Å². The van der Waals surface area contributed by atoms with Crippen molar-refractivity contribution in [3.8, 4) is 11.6 Å². The van der Waals surface area contributed by atoms with E-state index in [-0.39, 0.29) is 5.75 Å². The van der Waals surface area contributed by atoms with Crippen molar-refractivity contribution in [3.05, 3.63) is 65.9 Å². The number of pyridine rings is 2. The molecule has 0 saturated carbocycles. The molecule has 0 amide bonds. The highest BCUT2D eigenvalue weighted by Crippen LogP contribution is 2.34. The number of carbonyl (C=O) groups is 1. The third-order valence-corrected chi connectivity index (χ3v) is 3.66. The number of hydrogen-bond donors (Lipinski definition) is 0. The first kappa shape index (κ1) is 21.2. The zero-order chi connectivity index (χ0) is 22.1. The molecular formula is C17H9F7N4O2. The van der Waals surface area contributed by atoms with Gasteiger partial charge in [-0.15, -0.1) is 0 Å². The van der Waals surface area contributed by atoms with Crippen molar-refractivity contribution in [2.24, 2.45) is 0 Å². The molecule has 3 aromatic heterocycles. The Morgan fingerprint density at radius 3 is 2.27 bits per heavy atom. The molecule has 0 aromatic carbocycles. The van der Waals surface area contributed by atoms with Crippen molar-refractivity contribution < 1.29 is 40.3 Å². The fraction of sp³-hybridized carbons (Fsp3) is 0.176. The van der Waals surface area contributed by atoms with E-state index in [9.17, 15) is 35.5 Å². The van der Waals surface area contributed by atoms with Crippen LogP contribution in [-0.4, -0.2) is 25.3 Å². The lowest BCUT2D eigenvalue weighted by Gasteiger charge is -2.13. The molecule has 158 valence electrons. The number of ketones is 1. The summed E-state index contributed by atoms with van der Waals surface area (Å²) in [5, 5.41) is 0. The van der Waals surface area contributed by atoms with Gasteiger partial charge in [-0.25, -0.2) is 15.0 Å². The second kappa shape index (κ2) is 7.72. The average molecular weight is 434 g/mol. The number of imidazole rings is 1. The number of nitrogens with zero attached hydrogens (tertiary/aromatic N) is 4. The van der Waals surface area contributed by atoms with Crippen molar-refractivity contribution in [2.75, 3.05) is 0 Å².